The molecule has 1 aromatic heterocycles. The van der Waals surface area contributed by atoms with Gasteiger partial charge < -0.3 is 9.64 Å². The van der Waals surface area contributed by atoms with Crippen LogP contribution in [0.2, 0.25) is 5.02 Å². The smallest absolute Gasteiger partial charge is 0.308 e. The predicted molar refractivity (Wildman–Crippen MR) is 84.1 cm³/mol. The third kappa shape index (κ3) is 3.89. The number of methoxy groups -OCH3 is 1. The summed E-state index contributed by atoms with van der Waals surface area (Å²) in [7, 11) is 1.38. The fourth-order valence-corrected chi connectivity index (χ4v) is 3.05. The number of rotatable bonds is 4. The fourth-order valence-electron chi connectivity index (χ4n) is 2.33. The maximum atomic E-state index is 12.5. The summed E-state index contributed by atoms with van der Waals surface area (Å²) in [5.74, 6) is 0.253. The Morgan fingerprint density at radius 3 is 2.73 bits per heavy atom. The number of likely N-dealkylation sites (tertiary alicyclic amines) is 1. The van der Waals surface area contributed by atoms with Gasteiger partial charge in [-0.1, -0.05) is 30.3 Å². The van der Waals surface area contributed by atoms with Crippen molar-refractivity contribution >= 4 is 35.2 Å². The summed E-state index contributed by atoms with van der Waals surface area (Å²) < 4.78 is 4.74. The van der Waals surface area contributed by atoms with Crippen LogP contribution in [0.4, 0.5) is 0 Å². The Morgan fingerprint density at radius 1 is 1.45 bits per heavy atom. The Labute approximate surface area is 138 Å². The van der Waals surface area contributed by atoms with Crippen LogP contribution >= 0.6 is 23.4 Å². The summed E-state index contributed by atoms with van der Waals surface area (Å²) in [6.07, 6.45) is 2.65. The minimum atomic E-state index is -0.214. The van der Waals surface area contributed by atoms with Crippen molar-refractivity contribution in [2.75, 3.05) is 26.0 Å². The highest BCUT2D eigenvalue weighted by Gasteiger charge is 2.29. The lowest BCUT2D eigenvalue weighted by Gasteiger charge is -2.30. The van der Waals surface area contributed by atoms with Gasteiger partial charge in [0, 0.05) is 13.1 Å². The third-order valence-electron chi connectivity index (χ3n) is 3.51. The summed E-state index contributed by atoms with van der Waals surface area (Å²) in [6.45, 7) is 2.98. The molecule has 1 saturated heterocycles. The Balaban J connectivity index is 2.06. The fraction of sp³-hybridized carbons (Fsp3) is 0.571. The third-order valence-corrected chi connectivity index (χ3v) is 4.53. The van der Waals surface area contributed by atoms with Gasteiger partial charge in [-0.25, -0.2) is 9.97 Å². The van der Waals surface area contributed by atoms with Crippen molar-refractivity contribution in [2.24, 2.45) is 5.92 Å². The molecule has 0 aliphatic carbocycles. The predicted octanol–water partition coefficient (Wildman–Crippen LogP) is 2.27. The van der Waals surface area contributed by atoms with Crippen LogP contribution in [0.15, 0.2) is 11.4 Å². The second-order valence-corrected chi connectivity index (χ2v) is 6.51. The Kier molecular flexibility index (Phi) is 6.02. The largest absolute Gasteiger partial charge is 0.469 e. The van der Waals surface area contributed by atoms with E-state index >= 15 is 0 Å². The molecular formula is C14H18ClN3O3S. The molecular weight excluding hydrogens is 326 g/mol. The van der Waals surface area contributed by atoms with Crippen LogP contribution in [0.25, 0.3) is 0 Å². The number of ether oxygens (including phenoxy) is 1. The minimum absolute atomic E-state index is 0.138. The lowest BCUT2D eigenvalue weighted by molar-refractivity contribution is -0.146. The van der Waals surface area contributed by atoms with Crippen LogP contribution in [0.1, 0.15) is 30.3 Å². The number of hydrogen-bond acceptors (Lipinski definition) is 6. The number of hydrogen-bond donors (Lipinski definition) is 0. The van der Waals surface area contributed by atoms with E-state index in [2.05, 4.69) is 9.97 Å². The zero-order valence-electron chi connectivity index (χ0n) is 12.5. The van der Waals surface area contributed by atoms with E-state index < -0.39 is 0 Å². The molecule has 1 amide bonds. The van der Waals surface area contributed by atoms with Crippen LogP contribution in [0.5, 0.6) is 0 Å². The number of aromatic nitrogens is 2. The number of thioether (sulfide) groups is 1. The number of piperidine rings is 1. The molecule has 8 heteroatoms. The summed E-state index contributed by atoms with van der Waals surface area (Å²) in [4.78, 5) is 34.1. The van der Waals surface area contributed by atoms with Gasteiger partial charge in [-0.3, -0.25) is 9.59 Å². The first kappa shape index (κ1) is 17.0. The molecule has 0 unspecified atom stereocenters. The quantitative estimate of drug-likeness (QED) is 0.474. The van der Waals surface area contributed by atoms with E-state index in [1.54, 1.807) is 4.90 Å². The van der Waals surface area contributed by atoms with Gasteiger partial charge >= 0.3 is 5.97 Å². The van der Waals surface area contributed by atoms with Crippen molar-refractivity contribution < 1.29 is 14.3 Å². The maximum absolute atomic E-state index is 12.5. The number of halogens is 1. The van der Waals surface area contributed by atoms with Gasteiger partial charge in [-0.15, -0.1) is 0 Å². The highest BCUT2D eigenvalue weighted by atomic mass is 35.5. The normalized spacial score (nSPS) is 15.7. The van der Waals surface area contributed by atoms with Gasteiger partial charge in [0.15, 0.2) is 10.9 Å². The van der Waals surface area contributed by atoms with E-state index in [9.17, 15) is 9.59 Å². The summed E-state index contributed by atoms with van der Waals surface area (Å²) in [5, 5.41) is 0.792. The molecule has 0 aromatic carbocycles. The van der Waals surface area contributed by atoms with Crippen molar-refractivity contribution in [2.45, 2.75) is 24.9 Å². The molecule has 1 aliphatic heterocycles. The monoisotopic (exact) mass is 343 g/mol. The molecule has 0 N–H and O–H groups in total. The van der Waals surface area contributed by atoms with Gasteiger partial charge in [-0.2, -0.15) is 0 Å². The second kappa shape index (κ2) is 7.78. The Morgan fingerprint density at radius 2 is 2.14 bits per heavy atom. The van der Waals surface area contributed by atoms with E-state index in [0.717, 1.165) is 5.75 Å². The molecule has 2 heterocycles. The average Bonchev–Trinajstić information content (AvgIpc) is 2.55. The van der Waals surface area contributed by atoms with Gasteiger partial charge in [0.25, 0.3) is 5.91 Å². The number of carbonyl (C=O) groups is 2. The lowest BCUT2D eigenvalue weighted by Crippen LogP contribution is -2.41. The minimum Gasteiger partial charge on any atom is -0.469 e. The first-order valence-corrected chi connectivity index (χ1v) is 8.45. The lowest BCUT2D eigenvalue weighted by atomic mass is 9.97. The molecule has 0 spiro atoms. The molecule has 0 atom stereocenters. The van der Waals surface area contributed by atoms with Crippen molar-refractivity contribution in [3.8, 4) is 0 Å². The van der Waals surface area contributed by atoms with E-state index in [4.69, 9.17) is 16.3 Å². The van der Waals surface area contributed by atoms with Crippen LogP contribution in [0, 0.1) is 5.92 Å². The SMILES string of the molecule is CCSc1ncc(Cl)c(C(=O)N2CCC(C(=O)OC)CC2)n1. The standard InChI is InChI=1S/C14H18ClN3O3S/c1-3-22-14-16-8-10(15)11(17-14)12(19)18-6-4-9(5-7-18)13(20)21-2/h8-9H,3-7H2,1-2H3. The topological polar surface area (TPSA) is 72.4 Å². The van der Waals surface area contributed by atoms with Gasteiger partial charge in [0.2, 0.25) is 0 Å². The van der Waals surface area contributed by atoms with E-state index in [1.165, 1.54) is 25.1 Å². The van der Waals surface area contributed by atoms with Crippen LogP contribution in [-0.4, -0.2) is 52.7 Å². The Bertz CT molecular complexity index is 562. The molecule has 0 bridgehead atoms. The highest BCUT2D eigenvalue weighted by Crippen LogP contribution is 2.23. The molecule has 1 aliphatic rings. The molecule has 0 radical (unpaired) electrons. The van der Waals surface area contributed by atoms with Crippen molar-refractivity contribution in [1.82, 2.24) is 14.9 Å². The second-order valence-electron chi connectivity index (χ2n) is 4.87. The number of esters is 1. The summed E-state index contributed by atoms with van der Waals surface area (Å²) >= 11 is 7.51. The zero-order chi connectivity index (χ0) is 16.1. The van der Waals surface area contributed by atoms with Gasteiger partial charge in [0.05, 0.1) is 24.2 Å². The number of nitrogens with zero attached hydrogens (tertiary/aromatic N) is 3. The summed E-state index contributed by atoms with van der Waals surface area (Å²) in [5.41, 5.74) is 0.226. The van der Waals surface area contributed by atoms with Crippen LogP contribution in [0.3, 0.4) is 0 Å². The molecule has 1 aromatic rings. The van der Waals surface area contributed by atoms with E-state index in [0.29, 0.717) is 31.1 Å². The number of carbonyl (C=O) groups excluding carboxylic acids is 2. The maximum Gasteiger partial charge on any atom is 0.308 e. The van der Waals surface area contributed by atoms with E-state index in [1.807, 2.05) is 6.92 Å². The van der Waals surface area contributed by atoms with Crippen molar-refractivity contribution in [1.29, 1.82) is 0 Å². The zero-order valence-corrected chi connectivity index (χ0v) is 14.1. The molecule has 2 rings (SSSR count). The Hall–Kier alpha value is -1.34. The number of amides is 1. The van der Waals surface area contributed by atoms with Gasteiger partial charge in [0.1, 0.15) is 0 Å². The molecule has 1 fully saturated rings. The van der Waals surface area contributed by atoms with Crippen LogP contribution in [-0.2, 0) is 9.53 Å². The first-order valence-electron chi connectivity index (χ1n) is 7.09. The average molecular weight is 344 g/mol. The van der Waals surface area contributed by atoms with Crippen molar-refractivity contribution in [3.05, 3.63) is 16.9 Å². The highest BCUT2D eigenvalue weighted by molar-refractivity contribution is 7.99. The molecule has 22 heavy (non-hydrogen) atoms. The first-order chi connectivity index (χ1) is 10.6. The molecule has 0 saturated carbocycles. The van der Waals surface area contributed by atoms with Crippen LogP contribution < -0.4 is 0 Å². The van der Waals surface area contributed by atoms with Crippen molar-refractivity contribution in [3.63, 3.8) is 0 Å². The molecule has 120 valence electrons. The molecule has 6 nitrogen and oxygen atoms in total. The van der Waals surface area contributed by atoms with E-state index in [-0.39, 0.29) is 28.5 Å². The van der Waals surface area contributed by atoms with Gasteiger partial charge in [-0.05, 0) is 18.6 Å². The summed E-state index contributed by atoms with van der Waals surface area (Å²) in [6, 6.07) is 0.